The van der Waals surface area contributed by atoms with Crippen molar-refractivity contribution in [2.75, 3.05) is 26.9 Å². The van der Waals surface area contributed by atoms with Crippen LogP contribution in [0.4, 0.5) is 0 Å². The lowest BCUT2D eigenvalue weighted by Gasteiger charge is -2.46. The van der Waals surface area contributed by atoms with E-state index in [4.69, 9.17) is 15.2 Å². The van der Waals surface area contributed by atoms with Crippen molar-refractivity contribution in [1.82, 2.24) is 0 Å². The Labute approximate surface area is 108 Å². The molecule has 0 aliphatic carbocycles. The average Bonchev–Trinajstić information content (AvgIpc) is 2.31. The zero-order valence-corrected chi connectivity index (χ0v) is 11.2. The number of ether oxygens (including phenoxy) is 2. The smallest absolute Gasteiger partial charge is 0.123 e. The van der Waals surface area contributed by atoms with Crippen LogP contribution in [0.25, 0.3) is 0 Å². The van der Waals surface area contributed by atoms with Crippen molar-refractivity contribution in [1.29, 1.82) is 0 Å². The van der Waals surface area contributed by atoms with E-state index in [0.29, 0.717) is 13.2 Å². The van der Waals surface area contributed by atoms with E-state index in [1.807, 2.05) is 6.07 Å². The zero-order chi connectivity index (χ0) is 13.3. The van der Waals surface area contributed by atoms with Crippen LogP contribution in [0.3, 0.4) is 0 Å². The summed E-state index contributed by atoms with van der Waals surface area (Å²) < 4.78 is 10.8. The molecule has 1 aliphatic rings. The van der Waals surface area contributed by atoms with E-state index in [2.05, 4.69) is 19.9 Å². The van der Waals surface area contributed by atoms with Gasteiger partial charge in [-0.3, -0.25) is 0 Å². The molecule has 18 heavy (non-hydrogen) atoms. The predicted molar refractivity (Wildman–Crippen MR) is 70.0 cm³/mol. The highest BCUT2D eigenvalue weighted by Gasteiger charge is 2.47. The first-order valence-electron chi connectivity index (χ1n) is 6.15. The van der Waals surface area contributed by atoms with Crippen LogP contribution in [-0.4, -0.2) is 38.1 Å². The second-order valence-electron chi connectivity index (χ2n) is 5.07. The number of nitrogens with two attached hydrogens (primary N) is 1. The lowest BCUT2D eigenvalue weighted by Crippen LogP contribution is -2.60. The average molecular weight is 251 g/mol. The molecule has 1 saturated heterocycles. The predicted octanol–water partition coefficient (Wildman–Crippen LogP) is 0.900. The maximum Gasteiger partial charge on any atom is 0.123 e. The van der Waals surface area contributed by atoms with E-state index in [0.717, 1.165) is 11.3 Å². The van der Waals surface area contributed by atoms with Gasteiger partial charge in [-0.05, 0) is 31.0 Å². The normalized spacial score (nSPS) is 19.2. The van der Waals surface area contributed by atoms with Gasteiger partial charge in [0.05, 0.1) is 32.3 Å². The van der Waals surface area contributed by atoms with Crippen LogP contribution in [-0.2, 0) is 10.2 Å². The fraction of sp³-hybridized carbons (Fsp3) is 0.571. The molecule has 4 nitrogen and oxygen atoms in total. The number of aryl methyl sites for hydroxylation is 2. The Morgan fingerprint density at radius 2 is 2.00 bits per heavy atom. The number of hydrogen-bond donors (Lipinski definition) is 2. The maximum absolute atomic E-state index is 9.36. The summed E-state index contributed by atoms with van der Waals surface area (Å²) in [6, 6.07) is 3.79. The third-order valence-corrected chi connectivity index (χ3v) is 3.98. The standard InChI is InChI=1S/C14H21NO3/c1-9-4-11(12(17-3)5-10(9)2)14(7-18-8-14)13(15)6-16/h4-5,13,16H,6-8,15H2,1-3H3. The number of aliphatic hydroxyl groups is 1. The highest BCUT2D eigenvalue weighted by molar-refractivity contribution is 5.48. The van der Waals surface area contributed by atoms with Gasteiger partial charge in [0.25, 0.3) is 0 Å². The molecule has 2 rings (SSSR count). The number of methoxy groups -OCH3 is 1. The molecule has 1 fully saturated rings. The van der Waals surface area contributed by atoms with Gasteiger partial charge < -0.3 is 20.3 Å². The van der Waals surface area contributed by atoms with Crippen molar-refractivity contribution >= 4 is 0 Å². The van der Waals surface area contributed by atoms with Crippen LogP contribution in [0.15, 0.2) is 12.1 Å². The van der Waals surface area contributed by atoms with E-state index in [9.17, 15) is 5.11 Å². The van der Waals surface area contributed by atoms with Crippen LogP contribution in [0.1, 0.15) is 16.7 Å². The van der Waals surface area contributed by atoms with Gasteiger partial charge in [-0.2, -0.15) is 0 Å². The zero-order valence-electron chi connectivity index (χ0n) is 11.2. The van der Waals surface area contributed by atoms with E-state index >= 15 is 0 Å². The first kappa shape index (κ1) is 13.3. The van der Waals surface area contributed by atoms with Gasteiger partial charge in [0.2, 0.25) is 0 Å². The van der Waals surface area contributed by atoms with Crippen LogP contribution in [0.5, 0.6) is 5.75 Å². The minimum Gasteiger partial charge on any atom is -0.496 e. The Balaban J connectivity index is 2.51. The molecular formula is C14H21NO3. The fourth-order valence-electron chi connectivity index (χ4n) is 2.41. The summed E-state index contributed by atoms with van der Waals surface area (Å²) in [6.45, 7) is 5.13. The molecule has 4 heteroatoms. The molecule has 0 aromatic heterocycles. The maximum atomic E-state index is 9.36. The van der Waals surface area contributed by atoms with E-state index in [1.165, 1.54) is 11.1 Å². The van der Waals surface area contributed by atoms with Gasteiger partial charge in [-0.25, -0.2) is 0 Å². The molecule has 1 aromatic rings. The van der Waals surface area contributed by atoms with Crippen LogP contribution >= 0.6 is 0 Å². The lowest BCUT2D eigenvalue weighted by molar-refractivity contribution is -0.0806. The molecule has 0 radical (unpaired) electrons. The SMILES string of the molecule is COc1cc(C)c(C)cc1C1(C(N)CO)COC1. The molecule has 0 amide bonds. The summed E-state index contributed by atoms with van der Waals surface area (Å²) in [4.78, 5) is 0. The van der Waals surface area contributed by atoms with Crippen molar-refractivity contribution in [2.45, 2.75) is 25.3 Å². The third-order valence-electron chi connectivity index (χ3n) is 3.98. The summed E-state index contributed by atoms with van der Waals surface area (Å²) in [5.74, 6) is 0.824. The number of rotatable bonds is 4. The molecule has 1 aromatic carbocycles. The van der Waals surface area contributed by atoms with E-state index < -0.39 is 0 Å². The highest BCUT2D eigenvalue weighted by Crippen LogP contribution is 2.41. The second kappa shape index (κ2) is 4.88. The van der Waals surface area contributed by atoms with Crippen LogP contribution < -0.4 is 10.5 Å². The summed E-state index contributed by atoms with van der Waals surface area (Å²) in [5, 5.41) is 9.36. The molecule has 100 valence electrons. The van der Waals surface area contributed by atoms with Crippen molar-refractivity contribution in [3.63, 3.8) is 0 Å². The third kappa shape index (κ3) is 1.90. The van der Waals surface area contributed by atoms with Crippen molar-refractivity contribution in [3.05, 3.63) is 28.8 Å². The molecule has 0 bridgehead atoms. The number of aliphatic hydroxyl groups excluding tert-OH is 1. The number of benzene rings is 1. The first-order chi connectivity index (χ1) is 8.55. The van der Waals surface area contributed by atoms with Gasteiger partial charge in [-0.15, -0.1) is 0 Å². The van der Waals surface area contributed by atoms with Gasteiger partial charge in [-0.1, -0.05) is 6.07 Å². The summed E-state index contributed by atoms with van der Waals surface area (Å²) in [6.07, 6.45) is 0. The fourth-order valence-corrected chi connectivity index (χ4v) is 2.41. The Morgan fingerprint density at radius 1 is 1.39 bits per heavy atom. The monoisotopic (exact) mass is 251 g/mol. The highest BCUT2D eigenvalue weighted by atomic mass is 16.5. The van der Waals surface area contributed by atoms with Crippen LogP contribution in [0.2, 0.25) is 0 Å². The van der Waals surface area contributed by atoms with Crippen LogP contribution in [0, 0.1) is 13.8 Å². The minimum atomic E-state index is -0.331. The Hall–Kier alpha value is -1.10. The largest absolute Gasteiger partial charge is 0.496 e. The van der Waals surface area contributed by atoms with E-state index in [-0.39, 0.29) is 18.1 Å². The van der Waals surface area contributed by atoms with E-state index in [1.54, 1.807) is 7.11 Å². The lowest BCUT2D eigenvalue weighted by atomic mass is 9.72. The molecule has 0 spiro atoms. The minimum absolute atomic E-state index is 0.0561. The summed E-state index contributed by atoms with van der Waals surface area (Å²) in [5.41, 5.74) is 9.17. The van der Waals surface area contributed by atoms with Gasteiger partial charge in [0.1, 0.15) is 5.75 Å². The van der Waals surface area contributed by atoms with Gasteiger partial charge in [0, 0.05) is 11.6 Å². The van der Waals surface area contributed by atoms with Crippen molar-refractivity contribution in [3.8, 4) is 5.75 Å². The summed E-state index contributed by atoms with van der Waals surface area (Å²) in [7, 11) is 1.66. The molecule has 3 N–H and O–H groups in total. The van der Waals surface area contributed by atoms with Gasteiger partial charge >= 0.3 is 0 Å². The topological polar surface area (TPSA) is 64.7 Å². The Bertz CT molecular complexity index is 441. The number of hydrogen-bond acceptors (Lipinski definition) is 4. The van der Waals surface area contributed by atoms with Crippen molar-refractivity contribution < 1.29 is 14.6 Å². The molecule has 0 saturated carbocycles. The Kier molecular flexibility index (Phi) is 3.61. The molecule has 1 unspecified atom stereocenters. The summed E-state index contributed by atoms with van der Waals surface area (Å²) >= 11 is 0. The molecular weight excluding hydrogens is 230 g/mol. The molecule has 1 atom stereocenters. The molecule has 1 aliphatic heterocycles. The van der Waals surface area contributed by atoms with Gasteiger partial charge in [0.15, 0.2) is 0 Å². The van der Waals surface area contributed by atoms with Crippen molar-refractivity contribution in [2.24, 2.45) is 5.73 Å². The quantitative estimate of drug-likeness (QED) is 0.834. The second-order valence-corrected chi connectivity index (χ2v) is 5.07. The first-order valence-corrected chi connectivity index (χ1v) is 6.15. The Morgan fingerprint density at radius 3 is 2.44 bits per heavy atom. The molecule has 1 heterocycles.